The molecule has 0 nitrogen and oxygen atoms in total. The second-order valence-electron chi connectivity index (χ2n) is 5.53. The second kappa shape index (κ2) is 9.19. The Kier molecular flexibility index (Phi) is 7.80. The summed E-state index contributed by atoms with van der Waals surface area (Å²) in [6.07, 6.45) is 12.0. The van der Waals surface area contributed by atoms with Gasteiger partial charge >= 0.3 is 0 Å². The van der Waals surface area contributed by atoms with E-state index in [1.54, 1.807) is 5.56 Å². The maximum atomic E-state index is 2.45. The minimum Gasteiger partial charge on any atom is -0.0654 e. The van der Waals surface area contributed by atoms with Gasteiger partial charge in [-0.05, 0) is 49.3 Å². The van der Waals surface area contributed by atoms with Crippen LogP contribution in [0.2, 0.25) is 0 Å². The van der Waals surface area contributed by atoms with Gasteiger partial charge in [0, 0.05) is 0 Å². The molecule has 0 fully saturated rings. The molecule has 0 saturated heterocycles. The van der Waals surface area contributed by atoms with Crippen molar-refractivity contribution in [1.82, 2.24) is 0 Å². The minimum absolute atomic E-state index is 1.25. The Bertz CT molecular complexity index is 325. The standard InChI is InChI=1S/C18H30/c1-4-6-8-9-10-12-18-15-17(11-7-5-2)14-13-16(18)3/h13-15H,4-12H2,1-3H3. The molecule has 0 aliphatic rings. The Morgan fingerprint density at radius 1 is 0.778 bits per heavy atom. The van der Waals surface area contributed by atoms with Crippen molar-refractivity contribution in [3.63, 3.8) is 0 Å². The summed E-state index contributed by atoms with van der Waals surface area (Å²) < 4.78 is 0. The molecule has 102 valence electrons. The number of hydrogen-bond acceptors (Lipinski definition) is 0. The van der Waals surface area contributed by atoms with Crippen LogP contribution in [-0.4, -0.2) is 0 Å². The van der Waals surface area contributed by atoms with Crippen molar-refractivity contribution in [2.75, 3.05) is 0 Å². The smallest absolute Gasteiger partial charge is 0.0276 e. The quantitative estimate of drug-likeness (QED) is 0.479. The second-order valence-corrected chi connectivity index (χ2v) is 5.53. The van der Waals surface area contributed by atoms with Gasteiger partial charge < -0.3 is 0 Å². The van der Waals surface area contributed by atoms with Crippen molar-refractivity contribution < 1.29 is 0 Å². The summed E-state index contributed by atoms with van der Waals surface area (Å²) >= 11 is 0. The van der Waals surface area contributed by atoms with Gasteiger partial charge in [0.2, 0.25) is 0 Å². The number of hydrogen-bond donors (Lipinski definition) is 0. The van der Waals surface area contributed by atoms with E-state index in [9.17, 15) is 0 Å². The average molecular weight is 246 g/mol. The number of rotatable bonds is 9. The molecule has 0 aliphatic heterocycles. The maximum absolute atomic E-state index is 2.45. The van der Waals surface area contributed by atoms with Crippen molar-refractivity contribution in [2.45, 2.75) is 78.6 Å². The zero-order chi connectivity index (χ0) is 13.2. The fourth-order valence-corrected chi connectivity index (χ4v) is 2.45. The highest BCUT2D eigenvalue weighted by molar-refractivity contribution is 5.31. The van der Waals surface area contributed by atoms with E-state index in [1.807, 2.05) is 0 Å². The Morgan fingerprint density at radius 3 is 2.22 bits per heavy atom. The molecule has 0 aromatic heterocycles. The molecule has 18 heavy (non-hydrogen) atoms. The molecule has 0 atom stereocenters. The van der Waals surface area contributed by atoms with E-state index in [1.165, 1.54) is 68.9 Å². The lowest BCUT2D eigenvalue weighted by atomic mass is 9.97. The van der Waals surface area contributed by atoms with Crippen molar-refractivity contribution in [1.29, 1.82) is 0 Å². The normalized spacial score (nSPS) is 10.8. The predicted octanol–water partition coefficient (Wildman–Crippen LogP) is 5.85. The first kappa shape index (κ1) is 15.3. The molecule has 0 aliphatic carbocycles. The third-order valence-corrected chi connectivity index (χ3v) is 3.78. The van der Waals surface area contributed by atoms with E-state index in [0.29, 0.717) is 0 Å². The van der Waals surface area contributed by atoms with E-state index in [2.05, 4.69) is 39.0 Å². The summed E-state index contributed by atoms with van der Waals surface area (Å²) in [5.74, 6) is 0. The zero-order valence-corrected chi connectivity index (χ0v) is 12.6. The number of aryl methyl sites for hydroxylation is 3. The fraction of sp³-hybridized carbons (Fsp3) is 0.667. The summed E-state index contributed by atoms with van der Waals surface area (Å²) in [4.78, 5) is 0. The van der Waals surface area contributed by atoms with Gasteiger partial charge in [-0.1, -0.05) is 64.2 Å². The first-order chi connectivity index (χ1) is 8.77. The molecule has 0 unspecified atom stereocenters. The largest absolute Gasteiger partial charge is 0.0654 e. The SMILES string of the molecule is CCCCCCCc1cc(CCCC)ccc1C. The summed E-state index contributed by atoms with van der Waals surface area (Å²) in [7, 11) is 0. The van der Waals surface area contributed by atoms with E-state index in [-0.39, 0.29) is 0 Å². The maximum Gasteiger partial charge on any atom is -0.0276 e. The summed E-state index contributed by atoms with van der Waals surface area (Å²) in [6, 6.07) is 7.07. The highest BCUT2D eigenvalue weighted by atomic mass is 14.1. The molecular weight excluding hydrogens is 216 g/mol. The van der Waals surface area contributed by atoms with Crippen LogP contribution in [0.3, 0.4) is 0 Å². The zero-order valence-electron chi connectivity index (χ0n) is 12.6. The van der Waals surface area contributed by atoms with Gasteiger partial charge in [0.05, 0.1) is 0 Å². The molecule has 0 spiro atoms. The molecule has 1 rings (SSSR count). The molecule has 0 amide bonds. The van der Waals surface area contributed by atoms with Gasteiger partial charge in [-0.3, -0.25) is 0 Å². The molecular formula is C18H30. The topological polar surface area (TPSA) is 0 Å². The Morgan fingerprint density at radius 2 is 1.50 bits per heavy atom. The lowest BCUT2D eigenvalue weighted by molar-refractivity contribution is 0.631. The van der Waals surface area contributed by atoms with Crippen molar-refractivity contribution in [2.24, 2.45) is 0 Å². The highest BCUT2D eigenvalue weighted by Gasteiger charge is 2.01. The highest BCUT2D eigenvalue weighted by Crippen LogP contribution is 2.16. The van der Waals surface area contributed by atoms with Crippen LogP contribution in [-0.2, 0) is 12.8 Å². The molecule has 0 radical (unpaired) electrons. The van der Waals surface area contributed by atoms with Crippen LogP contribution in [0.25, 0.3) is 0 Å². The third-order valence-electron chi connectivity index (χ3n) is 3.78. The van der Waals surface area contributed by atoms with Crippen LogP contribution in [0.4, 0.5) is 0 Å². The Labute approximate surface area is 114 Å². The summed E-state index contributed by atoms with van der Waals surface area (Å²) in [5.41, 5.74) is 4.59. The van der Waals surface area contributed by atoms with Crippen LogP contribution < -0.4 is 0 Å². The first-order valence-corrected chi connectivity index (χ1v) is 7.86. The molecule has 1 aromatic carbocycles. The Hall–Kier alpha value is -0.780. The van der Waals surface area contributed by atoms with E-state index < -0.39 is 0 Å². The van der Waals surface area contributed by atoms with Gasteiger partial charge in [-0.2, -0.15) is 0 Å². The lowest BCUT2D eigenvalue weighted by Gasteiger charge is -2.09. The van der Waals surface area contributed by atoms with Crippen LogP contribution in [0.15, 0.2) is 18.2 Å². The number of unbranched alkanes of at least 4 members (excludes halogenated alkanes) is 5. The van der Waals surface area contributed by atoms with Gasteiger partial charge in [0.1, 0.15) is 0 Å². The van der Waals surface area contributed by atoms with Crippen molar-refractivity contribution >= 4 is 0 Å². The predicted molar refractivity (Wildman–Crippen MR) is 82.3 cm³/mol. The molecule has 0 saturated carbocycles. The first-order valence-electron chi connectivity index (χ1n) is 7.86. The van der Waals surface area contributed by atoms with Gasteiger partial charge in [-0.25, -0.2) is 0 Å². The van der Waals surface area contributed by atoms with Crippen LogP contribution in [0, 0.1) is 6.92 Å². The van der Waals surface area contributed by atoms with Crippen LogP contribution in [0.1, 0.15) is 75.5 Å². The molecule has 0 heterocycles. The van der Waals surface area contributed by atoms with Gasteiger partial charge in [-0.15, -0.1) is 0 Å². The van der Waals surface area contributed by atoms with Gasteiger partial charge in [0.25, 0.3) is 0 Å². The van der Waals surface area contributed by atoms with E-state index in [4.69, 9.17) is 0 Å². The molecule has 0 N–H and O–H groups in total. The van der Waals surface area contributed by atoms with Crippen LogP contribution in [0.5, 0.6) is 0 Å². The minimum atomic E-state index is 1.25. The van der Waals surface area contributed by atoms with Crippen LogP contribution >= 0.6 is 0 Å². The lowest BCUT2D eigenvalue weighted by Crippen LogP contribution is -1.94. The molecule has 0 heteroatoms. The summed E-state index contributed by atoms with van der Waals surface area (Å²) in [6.45, 7) is 6.80. The fourth-order valence-electron chi connectivity index (χ4n) is 2.45. The van der Waals surface area contributed by atoms with Crippen molar-refractivity contribution in [3.05, 3.63) is 34.9 Å². The van der Waals surface area contributed by atoms with Crippen molar-refractivity contribution in [3.8, 4) is 0 Å². The monoisotopic (exact) mass is 246 g/mol. The van der Waals surface area contributed by atoms with Gasteiger partial charge in [0.15, 0.2) is 0 Å². The van der Waals surface area contributed by atoms with E-state index >= 15 is 0 Å². The Balaban J connectivity index is 2.42. The molecule has 1 aromatic rings. The third kappa shape index (κ3) is 5.71. The molecule has 0 bridgehead atoms. The average Bonchev–Trinajstić information content (AvgIpc) is 2.39. The van der Waals surface area contributed by atoms with E-state index in [0.717, 1.165) is 0 Å². The summed E-state index contributed by atoms with van der Waals surface area (Å²) in [5, 5.41) is 0. The number of benzene rings is 1.